The Morgan fingerprint density at radius 3 is 2.89 bits per heavy atom. The molecule has 1 heterocycles. The average Bonchev–Trinajstić information content (AvgIpc) is 2.42. The lowest BCUT2D eigenvalue weighted by Crippen LogP contribution is -2.10. The molecule has 1 rings (SSSR count). The molecule has 6 heteroatoms. The molecule has 0 radical (unpaired) electrons. The number of esters is 1. The summed E-state index contributed by atoms with van der Waals surface area (Å²) in [6.45, 7) is 1.60. The number of methoxy groups -OCH3 is 2. The highest BCUT2D eigenvalue weighted by atomic mass is 16.5. The quantitative estimate of drug-likeness (QED) is 0.559. The smallest absolute Gasteiger partial charge is 0.376 e. The summed E-state index contributed by atoms with van der Waals surface area (Å²) in [6, 6.07) is 1.72. The Balaban J connectivity index is 2.32. The number of carbonyl (C=O) groups is 1. The van der Waals surface area contributed by atoms with Crippen LogP contribution in [0.3, 0.4) is 0 Å². The first-order valence-electron chi connectivity index (χ1n) is 5.92. The number of carbonyl (C=O) groups excluding carboxylic acids is 1. The van der Waals surface area contributed by atoms with E-state index in [9.17, 15) is 4.79 Å². The number of nitrogens with one attached hydrogen (secondary N) is 1. The van der Waals surface area contributed by atoms with Crippen molar-refractivity contribution in [1.82, 2.24) is 9.97 Å². The topological polar surface area (TPSA) is 73.3 Å². The largest absolute Gasteiger partial charge is 0.463 e. The van der Waals surface area contributed by atoms with Gasteiger partial charge in [0.05, 0.1) is 7.11 Å². The van der Waals surface area contributed by atoms with Crippen LogP contribution < -0.4 is 5.32 Å². The minimum Gasteiger partial charge on any atom is -0.463 e. The third kappa shape index (κ3) is 5.09. The lowest BCUT2D eigenvalue weighted by atomic mass is 10.2. The molecule has 0 aliphatic carbocycles. The molecule has 18 heavy (non-hydrogen) atoms. The van der Waals surface area contributed by atoms with Gasteiger partial charge in [-0.25, -0.2) is 14.8 Å². The third-order valence-electron chi connectivity index (χ3n) is 2.35. The summed E-state index contributed by atoms with van der Waals surface area (Å²) >= 11 is 0. The molecule has 0 aliphatic heterocycles. The predicted octanol–water partition coefficient (Wildman–Crippen LogP) is 1.49. The zero-order valence-electron chi connectivity index (χ0n) is 10.8. The first kappa shape index (κ1) is 14.4. The number of hydrogen-bond acceptors (Lipinski definition) is 6. The summed E-state index contributed by atoms with van der Waals surface area (Å²) in [6.07, 6.45) is 4.71. The summed E-state index contributed by atoms with van der Waals surface area (Å²) < 4.78 is 9.52. The van der Waals surface area contributed by atoms with Crippen molar-refractivity contribution in [2.45, 2.75) is 19.3 Å². The maximum absolute atomic E-state index is 11.2. The Kier molecular flexibility index (Phi) is 6.71. The lowest BCUT2D eigenvalue weighted by Gasteiger charge is -2.06. The van der Waals surface area contributed by atoms with E-state index in [2.05, 4.69) is 20.0 Å². The van der Waals surface area contributed by atoms with E-state index in [4.69, 9.17) is 4.74 Å². The Bertz CT molecular complexity index is 371. The van der Waals surface area contributed by atoms with Crippen LogP contribution >= 0.6 is 0 Å². The number of anilines is 1. The van der Waals surface area contributed by atoms with Crippen LogP contribution in [-0.4, -0.2) is 43.3 Å². The van der Waals surface area contributed by atoms with Crippen molar-refractivity contribution >= 4 is 11.8 Å². The molecule has 0 unspecified atom stereocenters. The Labute approximate surface area is 107 Å². The van der Waals surface area contributed by atoms with Gasteiger partial charge in [-0.2, -0.15) is 0 Å². The van der Waals surface area contributed by atoms with Crippen LogP contribution in [0.5, 0.6) is 0 Å². The summed E-state index contributed by atoms with van der Waals surface area (Å²) in [5.74, 6) is 0.178. The number of rotatable bonds is 8. The summed E-state index contributed by atoms with van der Waals surface area (Å²) in [5.41, 5.74) is 0. The van der Waals surface area contributed by atoms with Gasteiger partial charge in [0.25, 0.3) is 0 Å². The van der Waals surface area contributed by atoms with Crippen molar-refractivity contribution in [3.63, 3.8) is 0 Å². The molecular formula is C12H19N3O3. The van der Waals surface area contributed by atoms with Gasteiger partial charge in [-0.3, -0.25) is 0 Å². The van der Waals surface area contributed by atoms with Crippen LogP contribution in [0.25, 0.3) is 0 Å². The van der Waals surface area contributed by atoms with E-state index in [0.29, 0.717) is 5.82 Å². The van der Waals surface area contributed by atoms with E-state index in [1.807, 2.05) is 0 Å². The fourth-order valence-electron chi connectivity index (χ4n) is 1.41. The van der Waals surface area contributed by atoms with Gasteiger partial charge in [-0.1, -0.05) is 0 Å². The van der Waals surface area contributed by atoms with Gasteiger partial charge in [0.1, 0.15) is 5.82 Å². The molecule has 0 fully saturated rings. The van der Waals surface area contributed by atoms with Crippen molar-refractivity contribution in [3.05, 3.63) is 18.1 Å². The minimum atomic E-state index is -0.529. The Morgan fingerprint density at radius 2 is 2.17 bits per heavy atom. The number of unbranched alkanes of at least 4 members (excludes halogenated alkanes) is 2. The van der Waals surface area contributed by atoms with Crippen molar-refractivity contribution in [3.8, 4) is 0 Å². The molecule has 0 aliphatic rings. The minimum absolute atomic E-state index is 0.0712. The zero-order valence-corrected chi connectivity index (χ0v) is 10.8. The van der Waals surface area contributed by atoms with Gasteiger partial charge < -0.3 is 14.8 Å². The third-order valence-corrected chi connectivity index (χ3v) is 2.35. The van der Waals surface area contributed by atoms with Crippen LogP contribution in [0, 0.1) is 0 Å². The molecule has 0 saturated carbocycles. The van der Waals surface area contributed by atoms with E-state index in [1.54, 1.807) is 13.2 Å². The van der Waals surface area contributed by atoms with Gasteiger partial charge in [0.15, 0.2) is 0 Å². The number of ether oxygens (including phenoxy) is 2. The van der Waals surface area contributed by atoms with E-state index < -0.39 is 5.97 Å². The van der Waals surface area contributed by atoms with Crippen LogP contribution in [0.4, 0.5) is 5.82 Å². The number of hydrogen-bond donors (Lipinski definition) is 1. The molecule has 1 aromatic rings. The number of nitrogens with zero attached hydrogens (tertiary/aromatic N) is 2. The zero-order chi connectivity index (χ0) is 13.2. The lowest BCUT2D eigenvalue weighted by molar-refractivity contribution is 0.0587. The van der Waals surface area contributed by atoms with E-state index in [0.717, 1.165) is 32.4 Å². The molecule has 0 amide bonds. The van der Waals surface area contributed by atoms with Crippen molar-refractivity contribution in [2.75, 3.05) is 32.7 Å². The Hall–Kier alpha value is -1.69. The van der Waals surface area contributed by atoms with Crippen molar-refractivity contribution in [1.29, 1.82) is 0 Å². The summed E-state index contributed by atoms with van der Waals surface area (Å²) in [5, 5.41) is 3.14. The van der Waals surface area contributed by atoms with E-state index in [1.165, 1.54) is 13.3 Å². The van der Waals surface area contributed by atoms with Gasteiger partial charge in [0, 0.05) is 26.5 Å². The molecule has 1 N–H and O–H groups in total. The van der Waals surface area contributed by atoms with Gasteiger partial charge in [0.2, 0.25) is 5.82 Å². The predicted molar refractivity (Wildman–Crippen MR) is 67.6 cm³/mol. The normalized spacial score (nSPS) is 10.1. The number of aromatic nitrogens is 2. The highest BCUT2D eigenvalue weighted by Crippen LogP contribution is 2.04. The summed E-state index contributed by atoms with van der Waals surface area (Å²) in [7, 11) is 3.01. The van der Waals surface area contributed by atoms with Gasteiger partial charge in [-0.15, -0.1) is 0 Å². The van der Waals surface area contributed by atoms with Crippen LogP contribution in [0.2, 0.25) is 0 Å². The van der Waals surface area contributed by atoms with Gasteiger partial charge in [-0.05, 0) is 25.3 Å². The highest BCUT2D eigenvalue weighted by molar-refractivity contribution is 5.85. The second kappa shape index (κ2) is 8.41. The fraction of sp³-hybridized carbons (Fsp3) is 0.583. The molecule has 0 aromatic carbocycles. The monoisotopic (exact) mass is 253 g/mol. The standard InChI is InChI=1S/C12H19N3O3/c1-17-9-5-3-4-7-13-10-6-8-14-11(15-10)12(16)18-2/h6,8H,3-5,7,9H2,1-2H3,(H,13,14,15). The van der Waals surface area contributed by atoms with E-state index >= 15 is 0 Å². The van der Waals surface area contributed by atoms with Crippen LogP contribution in [-0.2, 0) is 9.47 Å². The summed E-state index contributed by atoms with van der Waals surface area (Å²) in [4.78, 5) is 19.1. The SMILES string of the molecule is COCCCCCNc1ccnc(C(=O)OC)n1. The molecule has 0 saturated heterocycles. The molecule has 0 bridgehead atoms. The molecular weight excluding hydrogens is 234 g/mol. The maximum atomic E-state index is 11.2. The van der Waals surface area contributed by atoms with Crippen molar-refractivity contribution in [2.24, 2.45) is 0 Å². The van der Waals surface area contributed by atoms with Crippen LogP contribution in [0.1, 0.15) is 29.9 Å². The second-order valence-corrected chi connectivity index (χ2v) is 3.74. The second-order valence-electron chi connectivity index (χ2n) is 3.74. The molecule has 100 valence electrons. The van der Waals surface area contributed by atoms with Crippen molar-refractivity contribution < 1.29 is 14.3 Å². The molecule has 6 nitrogen and oxygen atoms in total. The Morgan fingerprint density at radius 1 is 1.33 bits per heavy atom. The maximum Gasteiger partial charge on any atom is 0.376 e. The molecule has 0 atom stereocenters. The van der Waals surface area contributed by atoms with Gasteiger partial charge >= 0.3 is 5.97 Å². The first-order valence-corrected chi connectivity index (χ1v) is 5.92. The fourth-order valence-corrected chi connectivity index (χ4v) is 1.41. The average molecular weight is 253 g/mol. The van der Waals surface area contributed by atoms with Crippen LogP contribution in [0.15, 0.2) is 12.3 Å². The van der Waals surface area contributed by atoms with E-state index in [-0.39, 0.29) is 5.82 Å². The highest BCUT2D eigenvalue weighted by Gasteiger charge is 2.08. The molecule has 0 spiro atoms. The molecule has 1 aromatic heterocycles. The first-order chi connectivity index (χ1) is 8.77.